The van der Waals surface area contributed by atoms with E-state index in [1.54, 1.807) is 18.2 Å². The zero-order valence-electron chi connectivity index (χ0n) is 10.9. The number of benzene rings is 1. The Morgan fingerprint density at radius 1 is 1.28 bits per heavy atom. The number of nitriles is 1. The average Bonchev–Trinajstić information content (AvgIpc) is 2.27. The molecule has 4 heteroatoms. The fourth-order valence-electron chi connectivity index (χ4n) is 1.67. The molecule has 0 amide bonds. The number of hydrogen-bond donors (Lipinski definition) is 3. The Labute approximate surface area is 107 Å². The standard InChI is InChI=1S/C14H19NO3/c1-14(2,3)9-4-5-11(16)10(8-9)13(18)12(17)6-7-15/h4-5,8,12-13,16-18H,6H2,1-3H3. The van der Waals surface area contributed by atoms with Gasteiger partial charge in [0.15, 0.2) is 0 Å². The maximum atomic E-state index is 9.93. The van der Waals surface area contributed by atoms with Crippen molar-refractivity contribution in [3.8, 4) is 11.8 Å². The van der Waals surface area contributed by atoms with Gasteiger partial charge in [-0.25, -0.2) is 0 Å². The molecule has 0 heterocycles. The van der Waals surface area contributed by atoms with E-state index < -0.39 is 12.2 Å². The highest BCUT2D eigenvalue weighted by molar-refractivity contribution is 5.40. The van der Waals surface area contributed by atoms with Crippen molar-refractivity contribution in [2.45, 2.75) is 44.8 Å². The summed E-state index contributed by atoms with van der Waals surface area (Å²) in [5.41, 5.74) is 1.08. The lowest BCUT2D eigenvalue weighted by atomic mass is 9.85. The molecule has 0 radical (unpaired) electrons. The largest absolute Gasteiger partial charge is 0.508 e. The van der Waals surface area contributed by atoms with Crippen molar-refractivity contribution < 1.29 is 15.3 Å². The van der Waals surface area contributed by atoms with Crippen molar-refractivity contribution in [3.63, 3.8) is 0 Å². The quantitative estimate of drug-likeness (QED) is 0.765. The topological polar surface area (TPSA) is 84.5 Å². The van der Waals surface area contributed by atoms with Gasteiger partial charge in [-0.1, -0.05) is 26.8 Å². The van der Waals surface area contributed by atoms with E-state index in [-0.39, 0.29) is 23.1 Å². The number of phenols is 1. The highest BCUT2D eigenvalue weighted by atomic mass is 16.3. The first-order valence-corrected chi connectivity index (χ1v) is 5.84. The predicted octanol–water partition coefficient (Wildman–Crippen LogP) is 2.00. The fraction of sp³-hybridized carbons (Fsp3) is 0.500. The first-order chi connectivity index (χ1) is 8.27. The molecule has 2 unspecified atom stereocenters. The number of aliphatic hydroxyl groups is 2. The minimum absolute atomic E-state index is 0.0764. The third-order valence-electron chi connectivity index (χ3n) is 2.88. The SMILES string of the molecule is CC(C)(C)c1ccc(O)c(C(O)C(O)CC#N)c1. The zero-order valence-corrected chi connectivity index (χ0v) is 10.9. The van der Waals surface area contributed by atoms with Crippen LogP contribution in [0, 0.1) is 11.3 Å². The summed E-state index contributed by atoms with van der Waals surface area (Å²) in [6, 6.07) is 6.74. The van der Waals surface area contributed by atoms with Crippen molar-refractivity contribution >= 4 is 0 Å². The molecule has 18 heavy (non-hydrogen) atoms. The van der Waals surface area contributed by atoms with Crippen LogP contribution >= 0.6 is 0 Å². The highest BCUT2D eigenvalue weighted by Gasteiger charge is 2.23. The lowest BCUT2D eigenvalue weighted by Gasteiger charge is -2.23. The second-order valence-electron chi connectivity index (χ2n) is 5.40. The third kappa shape index (κ3) is 3.22. The molecule has 1 rings (SSSR count). The fourth-order valence-corrected chi connectivity index (χ4v) is 1.67. The predicted molar refractivity (Wildman–Crippen MR) is 68.0 cm³/mol. The molecule has 0 saturated carbocycles. The first kappa shape index (κ1) is 14.5. The van der Waals surface area contributed by atoms with E-state index >= 15 is 0 Å². The van der Waals surface area contributed by atoms with Gasteiger partial charge < -0.3 is 15.3 Å². The summed E-state index contributed by atoms with van der Waals surface area (Å²) in [4.78, 5) is 0. The number of aliphatic hydroxyl groups excluding tert-OH is 2. The summed E-state index contributed by atoms with van der Waals surface area (Å²) >= 11 is 0. The van der Waals surface area contributed by atoms with Crippen molar-refractivity contribution in [3.05, 3.63) is 29.3 Å². The Morgan fingerprint density at radius 2 is 1.89 bits per heavy atom. The monoisotopic (exact) mass is 249 g/mol. The smallest absolute Gasteiger partial charge is 0.121 e. The van der Waals surface area contributed by atoms with Crippen LogP contribution in [-0.2, 0) is 5.41 Å². The Balaban J connectivity index is 3.12. The normalized spacial score (nSPS) is 14.9. The van der Waals surface area contributed by atoms with Gasteiger partial charge in [-0.05, 0) is 23.1 Å². The maximum absolute atomic E-state index is 9.93. The van der Waals surface area contributed by atoms with E-state index in [1.807, 2.05) is 20.8 Å². The Bertz CT molecular complexity index is 457. The number of phenolic OH excluding ortho intramolecular Hbond substituents is 1. The summed E-state index contributed by atoms with van der Waals surface area (Å²) in [5, 5.41) is 37.8. The first-order valence-electron chi connectivity index (χ1n) is 5.84. The molecule has 2 atom stereocenters. The van der Waals surface area contributed by atoms with E-state index in [0.29, 0.717) is 0 Å². The lowest BCUT2D eigenvalue weighted by Crippen LogP contribution is -2.19. The van der Waals surface area contributed by atoms with Crippen molar-refractivity contribution in [2.24, 2.45) is 0 Å². The molecule has 0 spiro atoms. The average molecular weight is 249 g/mol. The van der Waals surface area contributed by atoms with E-state index in [1.165, 1.54) is 6.07 Å². The highest BCUT2D eigenvalue weighted by Crippen LogP contribution is 2.32. The second kappa shape index (κ2) is 5.38. The molecule has 0 aromatic heterocycles. The Hall–Kier alpha value is -1.57. The van der Waals surface area contributed by atoms with Crippen molar-refractivity contribution in [1.29, 1.82) is 5.26 Å². The number of rotatable bonds is 3. The lowest BCUT2D eigenvalue weighted by molar-refractivity contribution is 0.0202. The number of nitrogens with zero attached hydrogens (tertiary/aromatic N) is 1. The van der Waals surface area contributed by atoms with Gasteiger partial charge in [0.05, 0.1) is 18.6 Å². The van der Waals surface area contributed by atoms with Gasteiger partial charge in [-0.3, -0.25) is 0 Å². The van der Waals surface area contributed by atoms with Crippen LogP contribution < -0.4 is 0 Å². The second-order valence-corrected chi connectivity index (χ2v) is 5.40. The minimum Gasteiger partial charge on any atom is -0.508 e. The van der Waals surface area contributed by atoms with Crippen LogP contribution in [0.5, 0.6) is 5.75 Å². The van der Waals surface area contributed by atoms with Gasteiger partial charge in [0.25, 0.3) is 0 Å². The van der Waals surface area contributed by atoms with Gasteiger partial charge in [0.1, 0.15) is 11.9 Å². The number of hydrogen-bond acceptors (Lipinski definition) is 4. The molecule has 0 bridgehead atoms. The third-order valence-corrected chi connectivity index (χ3v) is 2.88. The zero-order chi connectivity index (χ0) is 13.9. The van der Waals surface area contributed by atoms with Crippen LogP contribution in [0.25, 0.3) is 0 Å². The van der Waals surface area contributed by atoms with Gasteiger partial charge in [-0.2, -0.15) is 5.26 Å². The molecule has 0 fully saturated rings. The van der Waals surface area contributed by atoms with Gasteiger partial charge in [0, 0.05) is 5.56 Å². The van der Waals surface area contributed by atoms with Crippen molar-refractivity contribution in [1.82, 2.24) is 0 Å². The van der Waals surface area contributed by atoms with Crippen LogP contribution in [0.3, 0.4) is 0 Å². The summed E-state index contributed by atoms with van der Waals surface area (Å²) in [6.45, 7) is 6.05. The van der Waals surface area contributed by atoms with Gasteiger partial charge in [-0.15, -0.1) is 0 Å². The van der Waals surface area contributed by atoms with Crippen molar-refractivity contribution in [2.75, 3.05) is 0 Å². The summed E-state index contributed by atoms with van der Waals surface area (Å²) in [7, 11) is 0. The van der Waals surface area contributed by atoms with Crippen LogP contribution in [0.4, 0.5) is 0 Å². The van der Waals surface area contributed by atoms with E-state index in [0.717, 1.165) is 5.56 Å². The molecule has 3 N–H and O–H groups in total. The summed E-state index contributed by atoms with van der Waals surface area (Å²) in [6.07, 6.45) is -2.64. The molecular formula is C14H19NO3. The summed E-state index contributed by atoms with van der Waals surface area (Å²) < 4.78 is 0. The van der Waals surface area contributed by atoms with Crippen LogP contribution in [0.2, 0.25) is 0 Å². The van der Waals surface area contributed by atoms with Crippen LogP contribution in [-0.4, -0.2) is 21.4 Å². The summed E-state index contributed by atoms with van der Waals surface area (Å²) in [5.74, 6) is -0.0764. The molecule has 98 valence electrons. The number of aromatic hydroxyl groups is 1. The Kier molecular flexibility index (Phi) is 4.33. The van der Waals surface area contributed by atoms with E-state index in [9.17, 15) is 15.3 Å². The molecule has 0 aliphatic heterocycles. The molecular weight excluding hydrogens is 230 g/mol. The van der Waals surface area contributed by atoms with Crippen LogP contribution in [0.15, 0.2) is 18.2 Å². The molecule has 1 aromatic rings. The minimum atomic E-state index is -1.26. The maximum Gasteiger partial charge on any atom is 0.121 e. The van der Waals surface area contributed by atoms with Crippen LogP contribution in [0.1, 0.15) is 44.4 Å². The molecule has 4 nitrogen and oxygen atoms in total. The van der Waals surface area contributed by atoms with Gasteiger partial charge in [0.2, 0.25) is 0 Å². The Morgan fingerprint density at radius 3 is 2.39 bits per heavy atom. The molecule has 0 saturated heterocycles. The molecule has 0 aliphatic carbocycles. The molecule has 1 aromatic carbocycles. The van der Waals surface area contributed by atoms with E-state index in [4.69, 9.17) is 5.26 Å². The van der Waals surface area contributed by atoms with Gasteiger partial charge >= 0.3 is 0 Å². The van der Waals surface area contributed by atoms with E-state index in [2.05, 4.69) is 0 Å². The molecule has 0 aliphatic rings.